The standard InChI is InChI=1S/C10H15F3N2O/c11-10(12,13)7-2-5-15(8(14)16)9(6-7)3-1-4-9/h7H,1-6H2,(H2,14,16). The zero-order valence-corrected chi connectivity index (χ0v) is 8.89. The molecule has 2 amide bonds. The van der Waals surface area contributed by atoms with E-state index in [1.54, 1.807) is 0 Å². The van der Waals surface area contributed by atoms with Crippen LogP contribution >= 0.6 is 0 Å². The minimum Gasteiger partial charge on any atom is -0.351 e. The molecule has 2 N–H and O–H groups in total. The number of primary amides is 1. The summed E-state index contributed by atoms with van der Waals surface area (Å²) in [5.41, 5.74) is 4.62. The van der Waals surface area contributed by atoms with E-state index in [4.69, 9.17) is 5.73 Å². The number of amides is 2. The molecule has 1 aliphatic carbocycles. The van der Waals surface area contributed by atoms with Crippen LogP contribution in [0.3, 0.4) is 0 Å². The third-order valence-electron chi connectivity index (χ3n) is 3.91. The quantitative estimate of drug-likeness (QED) is 0.689. The smallest absolute Gasteiger partial charge is 0.351 e. The average molecular weight is 236 g/mol. The van der Waals surface area contributed by atoms with Gasteiger partial charge >= 0.3 is 12.2 Å². The van der Waals surface area contributed by atoms with Gasteiger partial charge in [-0.15, -0.1) is 0 Å². The van der Waals surface area contributed by atoms with Crippen LogP contribution in [0.25, 0.3) is 0 Å². The molecule has 92 valence electrons. The summed E-state index contributed by atoms with van der Waals surface area (Å²) in [6.45, 7) is 0.138. The van der Waals surface area contributed by atoms with Crippen molar-refractivity contribution in [1.29, 1.82) is 0 Å². The lowest BCUT2D eigenvalue weighted by Crippen LogP contribution is -2.62. The molecule has 2 rings (SSSR count). The summed E-state index contributed by atoms with van der Waals surface area (Å²) in [5.74, 6) is -1.27. The van der Waals surface area contributed by atoms with Gasteiger partial charge in [0.25, 0.3) is 0 Å². The van der Waals surface area contributed by atoms with Gasteiger partial charge in [-0.3, -0.25) is 0 Å². The lowest BCUT2D eigenvalue weighted by molar-refractivity contribution is -0.200. The summed E-state index contributed by atoms with van der Waals surface area (Å²) in [6, 6.07) is -0.583. The Kier molecular flexibility index (Phi) is 2.55. The fraction of sp³-hybridized carbons (Fsp3) is 0.900. The lowest BCUT2D eigenvalue weighted by atomic mass is 9.67. The first-order chi connectivity index (χ1) is 7.35. The molecular formula is C10H15F3N2O. The van der Waals surface area contributed by atoms with Crippen LogP contribution in [0.5, 0.6) is 0 Å². The zero-order valence-electron chi connectivity index (χ0n) is 8.89. The number of halogens is 3. The Bertz CT molecular complexity index is 299. The van der Waals surface area contributed by atoms with Gasteiger partial charge < -0.3 is 10.6 Å². The number of hydrogen-bond donors (Lipinski definition) is 1. The highest BCUT2D eigenvalue weighted by Crippen LogP contribution is 2.49. The van der Waals surface area contributed by atoms with Crippen LogP contribution in [0, 0.1) is 5.92 Å². The van der Waals surface area contributed by atoms with Crippen LogP contribution in [0.1, 0.15) is 32.1 Å². The van der Waals surface area contributed by atoms with E-state index in [2.05, 4.69) is 0 Å². The summed E-state index contributed by atoms with van der Waals surface area (Å²) in [4.78, 5) is 12.6. The van der Waals surface area contributed by atoms with Crippen molar-refractivity contribution in [2.24, 2.45) is 11.7 Å². The van der Waals surface area contributed by atoms with Crippen LogP contribution in [0.4, 0.5) is 18.0 Å². The molecule has 1 unspecified atom stereocenters. The minimum atomic E-state index is -4.15. The molecule has 1 heterocycles. The van der Waals surface area contributed by atoms with Crippen LogP contribution in [0.2, 0.25) is 0 Å². The van der Waals surface area contributed by atoms with E-state index in [-0.39, 0.29) is 19.4 Å². The second-order valence-electron chi connectivity index (χ2n) is 4.80. The van der Waals surface area contributed by atoms with Crippen molar-refractivity contribution in [3.63, 3.8) is 0 Å². The number of hydrogen-bond acceptors (Lipinski definition) is 1. The normalized spacial score (nSPS) is 28.9. The maximum atomic E-state index is 12.6. The van der Waals surface area contributed by atoms with E-state index in [1.807, 2.05) is 0 Å². The number of alkyl halides is 3. The molecule has 1 spiro atoms. The van der Waals surface area contributed by atoms with Crippen molar-refractivity contribution < 1.29 is 18.0 Å². The van der Waals surface area contributed by atoms with Crippen molar-refractivity contribution in [2.75, 3.05) is 6.54 Å². The van der Waals surface area contributed by atoms with Gasteiger partial charge in [0.15, 0.2) is 0 Å². The predicted molar refractivity (Wildman–Crippen MR) is 51.7 cm³/mol. The first-order valence-electron chi connectivity index (χ1n) is 5.49. The molecule has 0 aromatic carbocycles. The molecule has 1 atom stereocenters. The van der Waals surface area contributed by atoms with Crippen molar-refractivity contribution in [3.05, 3.63) is 0 Å². The third kappa shape index (κ3) is 1.74. The monoisotopic (exact) mass is 236 g/mol. The summed E-state index contributed by atoms with van der Waals surface area (Å²) in [7, 11) is 0. The largest absolute Gasteiger partial charge is 0.391 e. The highest BCUT2D eigenvalue weighted by atomic mass is 19.4. The molecule has 0 aromatic heterocycles. The second-order valence-corrected chi connectivity index (χ2v) is 4.80. The number of nitrogens with two attached hydrogens (primary N) is 1. The van der Waals surface area contributed by atoms with E-state index in [0.29, 0.717) is 12.8 Å². The molecule has 0 radical (unpaired) electrons. The van der Waals surface area contributed by atoms with E-state index < -0.39 is 23.7 Å². The fourth-order valence-electron chi connectivity index (χ4n) is 2.88. The first-order valence-corrected chi connectivity index (χ1v) is 5.49. The van der Waals surface area contributed by atoms with Gasteiger partial charge in [0.1, 0.15) is 0 Å². The van der Waals surface area contributed by atoms with E-state index in [9.17, 15) is 18.0 Å². The van der Waals surface area contributed by atoms with E-state index in [0.717, 1.165) is 6.42 Å². The molecule has 1 saturated carbocycles. The number of carbonyl (C=O) groups excluding carboxylic acids is 1. The fourth-order valence-corrected chi connectivity index (χ4v) is 2.88. The van der Waals surface area contributed by atoms with Gasteiger partial charge in [-0.25, -0.2) is 4.79 Å². The molecule has 6 heteroatoms. The van der Waals surface area contributed by atoms with Crippen LogP contribution in [-0.4, -0.2) is 29.2 Å². The zero-order chi connectivity index (χ0) is 12.0. The highest BCUT2D eigenvalue weighted by molar-refractivity contribution is 5.73. The number of piperidine rings is 1. The molecule has 0 aromatic rings. The molecule has 1 saturated heterocycles. The molecular weight excluding hydrogens is 221 g/mol. The van der Waals surface area contributed by atoms with E-state index >= 15 is 0 Å². The minimum absolute atomic E-state index is 0.0197. The van der Waals surface area contributed by atoms with Crippen LogP contribution in [-0.2, 0) is 0 Å². The van der Waals surface area contributed by atoms with Gasteiger partial charge in [-0.1, -0.05) is 0 Å². The topological polar surface area (TPSA) is 46.3 Å². The molecule has 1 aliphatic heterocycles. The lowest BCUT2D eigenvalue weighted by Gasteiger charge is -2.54. The Morgan fingerprint density at radius 2 is 2.00 bits per heavy atom. The van der Waals surface area contributed by atoms with E-state index in [1.165, 1.54) is 4.90 Å². The number of nitrogens with zero attached hydrogens (tertiary/aromatic N) is 1. The van der Waals surface area contributed by atoms with Crippen molar-refractivity contribution in [3.8, 4) is 0 Å². The molecule has 3 nitrogen and oxygen atoms in total. The number of urea groups is 1. The van der Waals surface area contributed by atoms with Crippen molar-refractivity contribution >= 4 is 6.03 Å². The maximum absolute atomic E-state index is 12.6. The Labute approximate surface area is 91.8 Å². The van der Waals surface area contributed by atoms with Crippen LogP contribution < -0.4 is 5.73 Å². The molecule has 2 fully saturated rings. The first kappa shape index (κ1) is 11.5. The molecule has 2 aliphatic rings. The Morgan fingerprint density at radius 3 is 2.38 bits per heavy atom. The van der Waals surface area contributed by atoms with Gasteiger partial charge in [-0.2, -0.15) is 13.2 Å². The summed E-state index contributed by atoms with van der Waals surface area (Å²) < 4.78 is 37.9. The summed E-state index contributed by atoms with van der Waals surface area (Å²) in [6.07, 6.45) is -1.95. The van der Waals surface area contributed by atoms with Crippen molar-refractivity contribution in [2.45, 2.75) is 43.8 Å². The summed E-state index contributed by atoms with van der Waals surface area (Å²) in [5, 5.41) is 0. The number of rotatable bonds is 0. The second kappa shape index (κ2) is 3.53. The number of carbonyl (C=O) groups is 1. The average Bonchev–Trinajstić information content (AvgIpc) is 2.12. The SMILES string of the molecule is NC(=O)N1CCC(C(F)(F)F)CC12CCC2. The molecule has 0 bridgehead atoms. The Hall–Kier alpha value is -0.940. The molecule has 16 heavy (non-hydrogen) atoms. The van der Waals surface area contributed by atoms with Gasteiger partial charge in [-0.05, 0) is 32.1 Å². The maximum Gasteiger partial charge on any atom is 0.391 e. The van der Waals surface area contributed by atoms with Crippen molar-refractivity contribution in [1.82, 2.24) is 4.90 Å². The highest BCUT2D eigenvalue weighted by Gasteiger charge is 2.54. The third-order valence-corrected chi connectivity index (χ3v) is 3.91. The number of likely N-dealkylation sites (tertiary alicyclic amines) is 1. The predicted octanol–water partition coefficient (Wildman–Crippen LogP) is 2.26. The summed E-state index contributed by atoms with van der Waals surface area (Å²) >= 11 is 0. The Morgan fingerprint density at radius 1 is 1.38 bits per heavy atom. The van der Waals surface area contributed by atoms with Gasteiger partial charge in [0.05, 0.1) is 5.92 Å². The van der Waals surface area contributed by atoms with Gasteiger partial charge in [0.2, 0.25) is 0 Å². The van der Waals surface area contributed by atoms with Crippen LogP contribution in [0.15, 0.2) is 0 Å². The van der Waals surface area contributed by atoms with Gasteiger partial charge in [0, 0.05) is 12.1 Å². The Balaban J connectivity index is 2.13.